The van der Waals surface area contributed by atoms with E-state index in [1.807, 2.05) is 24.0 Å². The van der Waals surface area contributed by atoms with Gasteiger partial charge >= 0.3 is 0 Å². The molecule has 3 atom stereocenters. The maximum atomic E-state index is 12.7. The van der Waals surface area contributed by atoms with Crippen molar-refractivity contribution in [1.29, 1.82) is 0 Å². The highest BCUT2D eigenvalue weighted by atomic mass is 16.3. The molecule has 1 saturated heterocycles. The molecular weight excluding hydrogens is 304 g/mol. The fourth-order valence-electron chi connectivity index (χ4n) is 3.42. The summed E-state index contributed by atoms with van der Waals surface area (Å²) in [4.78, 5) is 26.5. The van der Waals surface area contributed by atoms with Gasteiger partial charge < -0.3 is 15.3 Å². The summed E-state index contributed by atoms with van der Waals surface area (Å²) in [7, 11) is 0. The van der Waals surface area contributed by atoms with Crippen LogP contribution in [0.3, 0.4) is 0 Å². The summed E-state index contributed by atoms with van der Waals surface area (Å²) >= 11 is 0. The van der Waals surface area contributed by atoms with Crippen LogP contribution in [-0.2, 0) is 4.79 Å². The summed E-state index contributed by atoms with van der Waals surface area (Å²) in [6.45, 7) is 5.23. The lowest BCUT2D eigenvalue weighted by molar-refractivity contribution is -0.117. The largest absolute Gasteiger partial charge is 0.393 e. The molecule has 5 heteroatoms. The van der Waals surface area contributed by atoms with Gasteiger partial charge in [0.2, 0.25) is 5.91 Å². The van der Waals surface area contributed by atoms with Crippen molar-refractivity contribution in [3.63, 3.8) is 0 Å². The number of aliphatic hydroxyl groups is 1. The molecule has 2 amide bonds. The summed E-state index contributed by atoms with van der Waals surface area (Å²) in [5, 5.41) is 12.6. The highest BCUT2D eigenvalue weighted by Gasteiger charge is 2.39. The molecule has 1 aliphatic carbocycles. The number of amides is 2. The Hall–Kier alpha value is -1.88. The Morgan fingerprint density at radius 1 is 1.29 bits per heavy atom. The molecule has 0 aromatic heterocycles. The molecule has 5 nitrogen and oxygen atoms in total. The molecule has 0 bridgehead atoms. The molecule has 1 aromatic carbocycles. The number of nitrogens with one attached hydrogen (secondary N) is 1. The van der Waals surface area contributed by atoms with E-state index in [0.29, 0.717) is 30.3 Å². The molecule has 1 aromatic rings. The summed E-state index contributed by atoms with van der Waals surface area (Å²) < 4.78 is 0. The second kappa shape index (κ2) is 6.93. The quantitative estimate of drug-likeness (QED) is 0.891. The van der Waals surface area contributed by atoms with Crippen LogP contribution in [0.5, 0.6) is 0 Å². The molecule has 2 N–H and O–H groups in total. The number of carbonyl (C=O) groups is 2. The lowest BCUT2D eigenvalue weighted by Crippen LogP contribution is -2.40. The van der Waals surface area contributed by atoms with Crippen LogP contribution in [0.25, 0.3) is 0 Å². The molecule has 2 aliphatic rings. The number of anilines is 1. The number of benzene rings is 1. The number of rotatable bonds is 4. The number of aliphatic hydroxyl groups excluding tert-OH is 1. The van der Waals surface area contributed by atoms with Crippen LogP contribution in [0.4, 0.5) is 5.69 Å². The van der Waals surface area contributed by atoms with Crippen molar-refractivity contribution in [2.24, 2.45) is 17.8 Å². The maximum absolute atomic E-state index is 12.7. The third-order valence-electron chi connectivity index (χ3n) is 5.33. The molecule has 1 aliphatic heterocycles. The second-order valence-corrected chi connectivity index (χ2v) is 7.26. The Bertz CT molecular complexity index is 621. The van der Waals surface area contributed by atoms with E-state index in [1.54, 1.807) is 12.1 Å². The molecule has 1 heterocycles. The van der Waals surface area contributed by atoms with E-state index in [2.05, 4.69) is 12.2 Å². The molecule has 2 fully saturated rings. The molecule has 3 unspecified atom stereocenters. The molecule has 3 rings (SSSR count). The van der Waals surface area contributed by atoms with Gasteiger partial charge in [0.15, 0.2) is 0 Å². The number of likely N-dealkylation sites (tertiary alicyclic amines) is 1. The summed E-state index contributed by atoms with van der Waals surface area (Å²) in [6, 6.07) is 7.18. The first kappa shape index (κ1) is 17.0. The van der Waals surface area contributed by atoms with Gasteiger partial charge in [-0.15, -0.1) is 0 Å². The third kappa shape index (κ3) is 3.78. The second-order valence-electron chi connectivity index (χ2n) is 7.26. The van der Waals surface area contributed by atoms with Crippen molar-refractivity contribution in [2.45, 2.75) is 39.2 Å². The summed E-state index contributed by atoms with van der Waals surface area (Å²) in [5.41, 5.74) is 1.29. The van der Waals surface area contributed by atoms with E-state index in [1.165, 1.54) is 0 Å². The minimum atomic E-state index is -0.314. The van der Waals surface area contributed by atoms with Gasteiger partial charge in [-0.3, -0.25) is 9.59 Å². The molecule has 130 valence electrons. The lowest BCUT2D eigenvalue weighted by Gasteiger charge is -2.33. The van der Waals surface area contributed by atoms with Crippen LogP contribution in [0.2, 0.25) is 0 Å². The smallest absolute Gasteiger partial charge is 0.253 e. The van der Waals surface area contributed by atoms with Gasteiger partial charge in [0.25, 0.3) is 5.91 Å². The molecule has 0 radical (unpaired) electrons. The SMILES string of the molecule is CC(O)C1CCN(C(=O)c2cccc(NC(=O)C3CC3C)c2)CC1. The monoisotopic (exact) mass is 330 g/mol. The van der Waals surface area contributed by atoms with Gasteiger partial charge in [-0.25, -0.2) is 0 Å². The highest BCUT2D eigenvalue weighted by Crippen LogP contribution is 2.38. The van der Waals surface area contributed by atoms with Crippen molar-refractivity contribution in [2.75, 3.05) is 18.4 Å². The zero-order valence-electron chi connectivity index (χ0n) is 14.4. The summed E-state index contributed by atoms with van der Waals surface area (Å²) in [6.07, 6.45) is 2.30. The Balaban J connectivity index is 1.61. The molecular formula is C19H26N2O3. The Kier molecular flexibility index (Phi) is 4.90. The average Bonchev–Trinajstić information content (AvgIpc) is 3.31. The predicted molar refractivity (Wildman–Crippen MR) is 92.7 cm³/mol. The Labute approximate surface area is 143 Å². The van der Waals surface area contributed by atoms with Crippen molar-refractivity contribution in [3.05, 3.63) is 29.8 Å². The van der Waals surface area contributed by atoms with E-state index in [9.17, 15) is 14.7 Å². The van der Waals surface area contributed by atoms with Gasteiger partial charge in [0.05, 0.1) is 6.10 Å². The highest BCUT2D eigenvalue weighted by molar-refractivity contribution is 5.98. The van der Waals surface area contributed by atoms with E-state index in [-0.39, 0.29) is 29.8 Å². The number of piperidine rings is 1. The van der Waals surface area contributed by atoms with Crippen LogP contribution >= 0.6 is 0 Å². The minimum absolute atomic E-state index is 0.00469. The fourth-order valence-corrected chi connectivity index (χ4v) is 3.42. The molecule has 24 heavy (non-hydrogen) atoms. The lowest BCUT2D eigenvalue weighted by atomic mass is 9.92. The van der Waals surface area contributed by atoms with Crippen LogP contribution in [0.15, 0.2) is 24.3 Å². The third-order valence-corrected chi connectivity index (χ3v) is 5.33. The van der Waals surface area contributed by atoms with Crippen LogP contribution in [-0.4, -0.2) is 41.0 Å². The molecule has 0 spiro atoms. The van der Waals surface area contributed by atoms with Gasteiger partial charge in [-0.2, -0.15) is 0 Å². The summed E-state index contributed by atoms with van der Waals surface area (Å²) in [5.74, 6) is 0.897. The first-order chi connectivity index (χ1) is 11.5. The van der Waals surface area contributed by atoms with E-state index >= 15 is 0 Å². The standard InChI is InChI=1S/C19H26N2O3/c1-12-10-17(12)18(23)20-16-5-3-4-15(11-16)19(24)21-8-6-14(7-9-21)13(2)22/h3-5,11-14,17,22H,6-10H2,1-2H3,(H,20,23). The van der Waals surface area contributed by atoms with E-state index in [0.717, 1.165) is 19.3 Å². The van der Waals surface area contributed by atoms with Crippen molar-refractivity contribution in [1.82, 2.24) is 4.90 Å². The van der Waals surface area contributed by atoms with E-state index < -0.39 is 0 Å². The fraction of sp³-hybridized carbons (Fsp3) is 0.579. The predicted octanol–water partition coefficient (Wildman–Crippen LogP) is 2.51. The zero-order valence-corrected chi connectivity index (χ0v) is 14.4. The topological polar surface area (TPSA) is 69.6 Å². The first-order valence-corrected chi connectivity index (χ1v) is 8.84. The van der Waals surface area contributed by atoms with Crippen LogP contribution < -0.4 is 5.32 Å². The minimum Gasteiger partial charge on any atom is -0.393 e. The van der Waals surface area contributed by atoms with Crippen LogP contribution in [0.1, 0.15) is 43.5 Å². The zero-order chi connectivity index (χ0) is 17.3. The van der Waals surface area contributed by atoms with Crippen molar-refractivity contribution >= 4 is 17.5 Å². The van der Waals surface area contributed by atoms with Crippen molar-refractivity contribution in [3.8, 4) is 0 Å². The Morgan fingerprint density at radius 3 is 2.54 bits per heavy atom. The normalized spacial score (nSPS) is 25.2. The number of hydrogen-bond acceptors (Lipinski definition) is 3. The Morgan fingerprint density at radius 2 is 1.96 bits per heavy atom. The molecule has 1 saturated carbocycles. The average molecular weight is 330 g/mol. The maximum Gasteiger partial charge on any atom is 0.253 e. The number of nitrogens with zero attached hydrogens (tertiary/aromatic N) is 1. The van der Waals surface area contributed by atoms with Gasteiger partial charge in [-0.05, 0) is 56.2 Å². The van der Waals surface area contributed by atoms with Gasteiger partial charge in [-0.1, -0.05) is 13.0 Å². The van der Waals surface area contributed by atoms with Gasteiger partial charge in [0, 0.05) is 30.3 Å². The van der Waals surface area contributed by atoms with Gasteiger partial charge in [0.1, 0.15) is 0 Å². The van der Waals surface area contributed by atoms with E-state index in [4.69, 9.17) is 0 Å². The first-order valence-electron chi connectivity index (χ1n) is 8.84. The number of carbonyl (C=O) groups excluding carboxylic acids is 2. The van der Waals surface area contributed by atoms with Crippen molar-refractivity contribution < 1.29 is 14.7 Å². The van der Waals surface area contributed by atoms with Crippen LogP contribution in [0, 0.1) is 17.8 Å². The number of hydrogen-bond donors (Lipinski definition) is 2.